The standard InChI is InChI=1S/C39H45F3N2O5.C38H42F3N3O7/c1-3-22-47-24-25-49-39(46)43-20-19-32(33(26-43)38(45)44(31-14-15-31)21-18-29-8-6-27(2)7-9-29)30-12-10-28(11-13-30)5-4-23-48-37-35(41)17-16-34(40)36(37)42;1-26-6-8-28(9-7-26)18-21-43(30-14-15-30)37(45)32-25-42(38(46)50-22-2-3-24-51-44(47)48)20-19-31(32)29-12-10-27(11-13-29)5-4-23-49-36-34(40)17-16-33(39)35(36)41/h6-13,16-17,31H,3-5,14-15,18-26H2,1-2H3;6-13,16-17,30H,2-5,14-15,18-25H2,1H3. The Morgan fingerprint density at radius 3 is 1.28 bits per heavy atom. The van der Waals surface area contributed by atoms with E-state index in [1.807, 2.05) is 72.2 Å². The Hall–Kier alpha value is -9.38. The van der Waals surface area contributed by atoms with Crippen LogP contribution in [-0.4, -0.2) is 146 Å². The van der Waals surface area contributed by atoms with Crippen molar-refractivity contribution in [3.05, 3.63) is 222 Å². The summed E-state index contributed by atoms with van der Waals surface area (Å²) in [5.74, 6) is -8.54. The lowest BCUT2D eigenvalue weighted by molar-refractivity contribution is -0.757. The molecular weight excluding hydrogens is 1300 g/mol. The van der Waals surface area contributed by atoms with Crippen molar-refractivity contribution in [3.63, 3.8) is 0 Å². The van der Waals surface area contributed by atoms with E-state index in [0.717, 1.165) is 101 Å². The number of benzene rings is 6. The maximum absolute atomic E-state index is 14.4. The molecule has 6 aromatic rings. The number of amides is 4. The second-order valence-corrected chi connectivity index (χ2v) is 25.4. The maximum Gasteiger partial charge on any atom is 0.410 e. The van der Waals surface area contributed by atoms with Gasteiger partial charge in [-0.05, 0) is 179 Å². The van der Waals surface area contributed by atoms with Crippen LogP contribution in [0.25, 0.3) is 11.1 Å². The lowest BCUT2D eigenvalue weighted by Gasteiger charge is -2.33. The Morgan fingerprint density at radius 2 is 0.870 bits per heavy atom. The average molecular weight is 1390 g/mol. The zero-order valence-corrected chi connectivity index (χ0v) is 56.9. The second-order valence-electron chi connectivity index (χ2n) is 25.4. The van der Waals surface area contributed by atoms with E-state index in [9.17, 15) is 55.6 Å². The summed E-state index contributed by atoms with van der Waals surface area (Å²) >= 11 is 0. The number of hydrogen-bond acceptors (Lipinski definition) is 12. The molecule has 0 saturated heterocycles. The predicted molar refractivity (Wildman–Crippen MR) is 365 cm³/mol. The summed E-state index contributed by atoms with van der Waals surface area (Å²) in [7, 11) is 0. The number of rotatable bonds is 33. The molecule has 4 amide bonds. The molecule has 10 rings (SSSR count). The van der Waals surface area contributed by atoms with Crippen molar-refractivity contribution in [3.8, 4) is 11.5 Å². The smallest absolute Gasteiger partial charge is 0.410 e. The van der Waals surface area contributed by atoms with Gasteiger partial charge in [-0.15, -0.1) is 10.1 Å². The summed E-state index contributed by atoms with van der Waals surface area (Å²) in [6.45, 7) is 9.30. The van der Waals surface area contributed by atoms with E-state index >= 15 is 0 Å². The van der Waals surface area contributed by atoms with Crippen molar-refractivity contribution < 1.29 is 79.1 Å². The van der Waals surface area contributed by atoms with Gasteiger partial charge in [-0.3, -0.25) is 9.59 Å². The lowest BCUT2D eigenvalue weighted by Crippen LogP contribution is -2.44. The van der Waals surface area contributed by atoms with E-state index < -0.39 is 63.7 Å². The van der Waals surface area contributed by atoms with Gasteiger partial charge in [0.1, 0.15) is 6.61 Å². The van der Waals surface area contributed by atoms with E-state index in [1.54, 1.807) is 4.90 Å². The number of halogens is 6. The van der Waals surface area contributed by atoms with Crippen LogP contribution < -0.4 is 9.47 Å². The average Bonchev–Trinajstić information content (AvgIpc) is 1.36. The van der Waals surface area contributed by atoms with Gasteiger partial charge in [-0.1, -0.05) is 115 Å². The van der Waals surface area contributed by atoms with E-state index in [1.165, 1.54) is 16.0 Å². The fourth-order valence-corrected chi connectivity index (χ4v) is 11.9. The molecule has 17 nitrogen and oxygen atoms in total. The SMILES string of the molecule is CCCOCCOC(=O)N1CCC(c2ccc(CCCOc3c(F)ccc(F)c3F)cc2)=C(C(=O)N(CCc2ccc(C)cc2)C2CC2)C1.Cc1ccc(CCN(C(=O)C2=C(c3ccc(CCCOc4c(F)ccc(F)c4F)cc3)CCN(C(=O)OCCCCO[N+](=O)[O-])C2)C2CC2)cc1. The van der Waals surface area contributed by atoms with Gasteiger partial charge >= 0.3 is 12.2 Å². The van der Waals surface area contributed by atoms with Gasteiger partial charge in [0.2, 0.25) is 11.6 Å². The van der Waals surface area contributed by atoms with Gasteiger partial charge in [0.25, 0.3) is 16.9 Å². The van der Waals surface area contributed by atoms with Gasteiger partial charge in [0.15, 0.2) is 34.8 Å². The second kappa shape index (κ2) is 37.2. The minimum Gasteiger partial charge on any atom is -0.488 e. The van der Waals surface area contributed by atoms with Gasteiger partial charge in [-0.25, -0.2) is 27.2 Å². The number of nitrogens with zero attached hydrogens (tertiary/aromatic N) is 5. The molecule has 0 aromatic heterocycles. The Labute approximate surface area is 579 Å². The van der Waals surface area contributed by atoms with Crippen LogP contribution >= 0.6 is 0 Å². The summed E-state index contributed by atoms with van der Waals surface area (Å²) in [5, 5.41) is 9.48. The summed E-state index contributed by atoms with van der Waals surface area (Å²) in [4.78, 5) is 76.5. The van der Waals surface area contributed by atoms with Crippen molar-refractivity contribution in [2.45, 2.75) is 129 Å². The molecule has 0 unspecified atom stereocenters. The van der Waals surface area contributed by atoms with Crippen molar-refractivity contribution in [1.29, 1.82) is 0 Å². The fraction of sp³-hybridized carbons (Fsp3) is 0.429. The van der Waals surface area contributed by atoms with Crippen LogP contribution in [-0.2, 0) is 54.3 Å². The van der Waals surface area contributed by atoms with Gasteiger partial charge in [-0.2, -0.15) is 8.78 Å². The van der Waals surface area contributed by atoms with Crippen LogP contribution in [0, 0.1) is 58.9 Å². The molecule has 0 bridgehead atoms. The van der Waals surface area contributed by atoms with Crippen molar-refractivity contribution in [2.75, 3.05) is 85.5 Å². The molecule has 0 spiro atoms. The third-order valence-corrected chi connectivity index (χ3v) is 17.8. The molecule has 0 radical (unpaired) electrons. The Balaban J connectivity index is 0.000000233. The Bertz CT molecular complexity index is 3810. The van der Waals surface area contributed by atoms with Crippen molar-refractivity contribution in [2.24, 2.45) is 0 Å². The first-order chi connectivity index (χ1) is 48.3. The quantitative estimate of drug-likeness (QED) is 0.0125. The monoisotopic (exact) mass is 1390 g/mol. The van der Waals surface area contributed by atoms with Crippen LogP contribution in [0.5, 0.6) is 11.5 Å². The highest BCUT2D eigenvalue weighted by Gasteiger charge is 2.39. The molecular formula is C77H87F6N5O12. The van der Waals surface area contributed by atoms with Gasteiger partial charge in [0, 0.05) is 56.0 Å². The zero-order chi connectivity index (χ0) is 71.1. The highest BCUT2D eigenvalue weighted by Crippen LogP contribution is 2.37. The van der Waals surface area contributed by atoms with Crippen LogP contribution in [0.2, 0.25) is 0 Å². The summed E-state index contributed by atoms with van der Waals surface area (Å²) in [5.41, 5.74) is 11.2. The number of hydrogen-bond donors (Lipinski definition) is 0. The molecule has 2 fully saturated rings. The van der Waals surface area contributed by atoms with Crippen LogP contribution in [0.3, 0.4) is 0 Å². The number of ether oxygens (including phenoxy) is 5. The number of carbonyl (C=O) groups excluding carboxylic acids is 4. The van der Waals surface area contributed by atoms with E-state index in [-0.39, 0.29) is 70.0 Å². The van der Waals surface area contributed by atoms with Gasteiger partial charge in [0.05, 0.1) is 46.1 Å². The molecule has 0 N–H and O–H groups in total. The molecule has 2 aliphatic carbocycles. The highest BCUT2D eigenvalue weighted by molar-refractivity contribution is 6.04. The number of carbonyl (C=O) groups is 4. The predicted octanol–water partition coefficient (Wildman–Crippen LogP) is 14.9. The molecule has 2 aliphatic heterocycles. The number of aryl methyl sites for hydroxylation is 4. The minimum absolute atomic E-state index is 0.0129. The van der Waals surface area contributed by atoms with Crippen molar-refractivity contribution >= 4 is 35.1 Å². The van der Waals surface area contributed by atoms with Crippen molar-refractivity contribution in [1.82, 2.24) is 19.6 Å². The summed E-state index contributed by atoms with van der Waals surface area (Å²) in [6.07, 6.45) is 8.75. The van der Waals surface area contributed by atoms with Crippen LogP contribution in [0.15, 0.2) is 132 Å². The molecule has 534 valence electrons. The van der Waals surface area contributed by atoms with Gasteiger partial charge < -0.3 is 48.1 Å². The third-order valence-electron chi connectivity index (χ3n) is 17.8. The fourth-order valence-electron chi connectivity index (χ4n) is 11.9. The topological polar surface area (TPSA) is 180 Å². The molecule has 2 saturated carbocycles. The number of unbranched alkanes of at least 4 members (excludes halogenated alkanes) is 1. The first kappa shape index (κ1) is 74.8. The third kappa shape index (κ3) is 21.8. The molecule has 2 heterocycles. The Morgan fingerprint density at radius 1 is 0.480 bits per heavy atom. The molecule has 6 aromatic carbocycles. The minimum atomic E-state index is -1.35. The maximum atomic E-state index is 14.4. The van der Waals surface area contributed by atoms with Crippen LogP contribution in [0.1, 0.15) is 122 Å². The zero-order valence-electron chi connectivity index (χ0n) is 56.9. The molecule has 0 atom stereocenters. The van der Waals surface area contributed by atoms with E-state index in [0.29, 0.717) is 114 Å². The summed E-state index contributed by atoms with van der Waals surface area (Å²) in [6, 6.07) is 35.6. The Kier molecular flexibility index (Phi) is 27.8. The lowest BCUT2D eigenvalue weighted by atomic mass is 9.91. The molecule has 100 heavy (non-hydrogen) atoms. The molecule has 23 heteroatoms. The summed E-state index contributed by atoms with van der Waals surface area (Å²) < 4.78 is 109. The van der Waals surface area contributed by atoms with E-state index in [4.69, 9.17) is 23.7 Å². The largest absolute Gasteiger partial charge is 0.488 e. The highest BCUT2D eigenvalue weighted by atomic mass is 19.2. The first-order valence-corrected chi connectivity index (χ1v) is 34.4. The normalized spacial score (nSPS) is 14.4. The first-order valence-electron chi connectivity index (χ1n) is 34.4. The molecule has 4 aliphatic rings. The van der Waals surface area contributed by atoms with E-state index in [2.05, 4.69) is 60.3 Å². The van der Waals surface area contributed by atoms with Crippen LogP contribution in [0.4, 0.5) is 35.9 Å².